The molecule has 1 saturated heterocycles. The molecule has 21 heavy (non-hydrogen) atoms. The Labute approximate surface area is 126 Å². The predicted octanol–water partition coefficient (Wildman–Crippen LogP) is 1.48. The first-order valence-electron chi connectivity index (χ1n) is 7.70. The van der Waals surface area contributed by atoms with Gasteiger partial charge in [0.1, 0.15) is 5.56 Å². The van der Waals surface area contributed by atoms with Crippen molar-refractivity contribution in [2.45, 2.75) is 40.2 Å². The molecule has 1 fully saturated rings. The van der Waals surface area contributed by atoms with E-state index in [0.29, 0.717) is 18.7 Å². The molecule has 0 aliphatic carbocycles. The van der Waals surface area contributed by atoms with Gasteiger partial charge < -0.3 is 14.8 Å². The van der Waals surface area contributed by atoms with Gasteiger partial charge in [-0.2, -0.15) is 0 Å². The quantitative estimate of drug-likeness (QED) is 0.918. The summed E-state index contributed by atoms with van der Waals surface area (Å²) in [6.45, 7) is 10.7. The Morgan fingerprint density at radius 3 is 2.52 bits per heavy atom. The number of carbonyl (C=O) groups is 1. The number of piperazine rings is 1. The molecule has 0 spiro atoms. The number of rotatable bonds is 3. The summed E-state index contributed by atoms with van der Waals surface area (Å²) >= 11 is 0. The second-order valence-electron chi connectivity index (χ2n) is 5.82. The zero-order valence-corrected chi connectivity index (χ0v) is 13.4. The lowest BCUT2D eigenvalue weighted by Gasteiger charge is -2.28. The summed E-state index contributed by atoms with van der Waals surface area (Å²) in [5.74, 6) is -0.129. The van der Waals surface area contributed by atoms with Gasteiger partial charge in [0.25, 0.3) is 11.5 Å². The van der Waals surface area contributed by atoms with Crippen molar-refractivity contribution in [3.63, 3.8) is 0 Å². The second kappa shape index (κ2) is 6.43. The minimum Gasteiger partial charge on any atom is -0.336 e. The van der Waals surface area contributed by atoms with Gasteiger partial charge in [0, 0.05) is 37.9 Å². The maximum Gasteiger partial charge on any atom is 0.264 e. The molecule has 1 unspecified atom stereocenters. The number of hydrogen-bond donors (Lipinski definition) is 1. The van der Waals surface area contributed by atoms with E-state index < -0.39 is 0 Å². The fourth-order valence-corrected chi connectivity index (χ4v) is 2.92. The van der Waals surface area contributed by atoms with Crippen LogP contribution in [0.5, 0.6) is 0 Å². The lowest BCUT2D eigenvalue weighted by Crippen LogP contribution is -2.48. The van der Waals surface area contributed by atoms with Gasteiger partial charge in [-0.25, -0.2) is 0 Å². The molecular formula is C16H25N3O2. The summed E-state index contributed by atoms with van der Waals surface area (Å²) in [6.07, 6.45) is 0.866. The Hall–Kier alpha value is -1.62. The van der Waals surface area contributed by atoms with Crippen LogP contribution in [0.15, 0.2) is 10.9 Å². The molecule has 2 heterocycles. The van der Waals surface area contributed by atoms with Gasteiger partial charge in [0.15, 0.2) is 0 Å². The van der Waals surface area contributed by atoms with E-state index in [4.69, 9.17) is 0 Å². The lowest BCUT2D eigenvalue weighted by atomic mass is 10.1. The van der Waals surface area contributed by atoms with E-state index in [-0.39, 0.29) is 17.5 Å². The summed E-state index contributed by atoms with van der Waals surface area (Å²) < 4.78 is 1.75. The first-order valence-corrected chi connectivity index (χ1v) is 7.70. The van der Waals surface area contributed by atoms with E-state index in [9.17, 15) is 9.59 Å². The third-order valence-corrected chi connectivity index (χ3v) is 4.28. The Morgan fingerprint density at radius 2 is 1.95 bits per heavy atom. The van der Waals surface area contributed by atoms with Gasteiger partial charge in [-0.15, -0.1) is 0 Å². The van der Waals surface area contributed by atoms with Crippen molar-refractivity contribution >= 4 is 5.91 Å². The highest BCUT2D eigenvalue weighted by molar-refractivity contribution is 5.95. The molecule has 116 valence electrons. The van der Waals surface area contributed by atoms with E-state index in [2.05, 4.69) is 5.32 Å². The normalized spacial score (nSPS) is 16.9. The van der Waals surface area contributed by atoms with Crippen molar-refractivity contribution < 1.29 is 4.79 Å². The highest BCUT2D eigenvalue weighted by Crippen LogP contribution is 2.15. The van der Waals surface area contributed by atoms with Crippen molar-refractivity contribution in [1.29, 1.82) is 0 Å². The van der Waals surface area contributed by atoms with E-state index in [1.165, 1.54) is 0 Å². The summed E-state index contributed by atoms with van der Waals surface area (Å²) in [5, 5.41) is 3.22. The maximum atomic E-state index is 12.8. The van der Waals surface area contributed by atoms with Crippen LogP contribution in [0.1, 0.15) is 47.9 Å². The zero-order valence-electron chi connectivity index (χ0n) is 13.4. The minimum absolute atomic E-state index is 0.104. The molecule has 5 nitrogen and oxygen atoms in total. The summed E-state index contributed by atoms with van der Waals surface area (Å²) in [5.41, 5.74) is 1.89. The SMILES string of the molecule is CCC(C)n1c(C)cc(C)c(C(=O)N2CCNCC2)c1=O. The Morgan fingerprint density at radius 1 is 1.33 bits per heavy atom. The molecular weight excluding hydrogens is 266 g/mol. The third-order valence-electron chi connectivity index (χ3n) is 4.28. The molecule has 0 aromatic carbocycles. The van der Waals surface area contributed by atoms with Crippen molar-refractivity contribution in [3.8, 4) is 0 Å². The van der Waals surface area contributed by atoms with Crippen molar-refractivity contribution in [1.82, 2.24) is 14.8 Å². The van der Waals surface area contributed by atoms with Crippen LogP contribution in [0.3, 0.4) is 0 Å². The van der Waals surface area contributed by atoms with Crippen molar-refractivity contribution in [2.75, 3.05) is 26.2 Å². The molecule has 1 aromatic heterocycles. The second-order valence-corrected chi connectivity index (χ2v) is 5.82. The number of amides is 1. The van der Waals surface area contributed by atoms with Crippen molar-refractivity contribution in [2.24, 2.45) is 0 Å². The average molecular weight is 291 g/mol. The number of pyridine rings is 1. The molecule has 1 aliphatic heterocycles. The molecule has 0 bridgehead atoms. The Kier molecular flexibility index (Phi) is 4.83. The molecule has 1 atom stereocenters. The number of hydrogen-bond acceptors (Lipinski definition) is 3. The van der Waals surface area contributed by atoms with Crippen LogP contribution in [-0.2, 0) is 0 Å². The topological polar surface area (TPSA) is 54.3 Å². The van der Waals surface area contributed by atoms with Gasteiger partial charge >= 0.3 is 0 Å². The fraction of sp³-hybridized carbons (Fsp3) is 0.625. The van der Waals surface area contributed by atoms with E-state index >= 15 is 0 Å². The molecule has 1 aromatic rings. The standard InChI is InChI=1S/C16H25N3O2/c1-5-12(3)19-13(4)10-11(2)14(16(19)21)15(20)18-8-6-17-7-9-18/h10,12,17H,5-9H2,1-4H3. The average Bonchev–Trinajstić information content (AvgIpc) is 2.47. The molecule has 1 amide bonds. The molecule has 1 aliphatic rings. The van der Waals surface area contributed by atoms with Gasteiger partial charge in [-0.1, -0.05) is 6.92 Å². The van der Waals surface area contributed by atoms with Crippen LogP contribution >= 0.6 is 0 Å². The Balaban J connectivity index is 2.48. The van der Waals surface area contributed by atoms with E-state index in [0.717, 1.165) is 30.8 Å². The summed E-state index contributed by atoms with van der Waals surface area (Å²) in [4.78, 5) is 27.3. The fourth-order valence-electron chi connectivity index (χ4n) is 2.92. The van der Waals surface area contributed by atoms with Gasteiger partial charge in [0.05, 0.1) is 0 Å². The number of nitrogens with one attached hydrogen (secondary N) is 1. The molecule has 1 N–H and O–H groups in total. The van der Waals surface area contributed by atoms with Crippen LogP contribution in [0.4, 0.5) is 0 Å². The molecule has 0 radical (unpaired) electrons. The number of nitrogens with zero attached hydrogens (tertiary/aromatic N) is 2. The van der Waals surface area contributed by atoms with Crippen LogP contribution < -0.4 is 10.9 Å². The van der Waals surface area contributed by atoms with Crippen molar-refractivity contribution in [3.05, 3.63) is 33.2 Å². The van der Waals surface area contributed by atoms with Crippen LogP contribution in [0, 0.1) is 13.8 Å². The highest BCUT2D eigenvalue weighted by atomic mass is 16.2. The monoisotopic (exact) mass is 291 g/mol. The summed E-state index contributed by atoms with van der Waals surface area (Å²) in [6, 6.07) is 2.05. The first kappa shape index (κ1) is 15.8. The van der Waals surface area contributed by atoms with E-state index in [1.807, 2.05) is 33.8 Å². The van der Waals surface area contributed by atoms with Crippen LogP contribution in [0.2, 0.25) is 0 Å². The third kappa shape index (κ3) is 3.02. The number of aromatic nitrogens is 1. The van der Waals surface area contributed by atoms with Crippen LogP contribution in [0.25, 0.3) is 0 Å². The molecule has 5 heteroatoms. The zero-order chi connectivity index (χ0) is 15.6. The number of aryl methyl sites for hydroxylation is 2. The van der Waals surface area contributed by atoms with Gasteiger partial charge in [-0.05, 0) is 38.8 Å². The predicted molar refractivity (Wildman–Crippen MR) is 84.0 cm³/mol. The minimum atomic E-state index is -0.148. The highest BCUT2D eigenvalue weighted by Gasteiger charge is 2.24. The Bertz CT molecular complexity index is 586. The lowest BCUT2D eigenvalue weighted by molar-refractivity contribution is 0.0732. The van der Waals surface area contributed by atoms with E-state index in [1.54, 1.807) is 9.47 Å². The van der Waals surface area contributed by atoms with Gasteiger partial charge in [0.2, 0.25) is 0 Å². The molecule has 0 saturated carbocycles. The van der Waals surface area contributed by atoms with Crippen LogP contribution in [-0.4, -0.2) is 41.6 Å². The number of carbonyl (C=O) groups excluding carboxylic acids is 1. The largest absolute Gasteiger partial charge is 0.336 e. The molecule has 2 rings (SSSR count). The summed E-state index contributed by atoms with van der Waals surface area (Å²) in [7, 11) is 0. The smallest absolute Gasteiger partial charge is 0.264 e. The first-order chi connectivity index (χ1) is 9.97. The van der Waals surface area contributed by atoms with Gasteiger partial charge in [-0.3, -0.25) is 9.59 Å². The maximum absolute atomic E-state index is 12.8.